The van der Waals surface area contributed by atoms with Crippen LogP contribution in [-0.2, 0) is 16.1 Å². The molecule has 0 atom stereocenters. The molecule has 4 rings (SSSR count). The summed E-state index contributed by atoms with van der Waals surface area (Å²) in [4.78, 5) is 40.3. The van der Waals surface area contributed by atoms with Gasteiger partial charge in [-0.15, -0.1) is 0 Å². The van der Waals surface area contributed by atoms with Crippen molar-refractivity contribution in [3.8, 4) is 5.75 Å². The third-order valence-electron chi connectivity index (χ3n) is 5.30. The first kappa shape index (κ1) is 21.6. The van der Waals surface area contributed by atoms with Gasteiger partial charge in [0.05, 0.1) is 30.9 Å². The van der Waals surface area contributed by atoms with Crippen LogP contribution < -0.4 is 15.6 Å². The van der Waals surface area contributed by atoms with Gasteiger partial charge in [0.15, 0.2) is 0 Å². The van der Waals surface area contributed by atoms with Crippen LogP contribution >= 0.6 is 0 Å². The predicted octanol–water partition coefficient (Wildman–Crippen LogP) is 2.51. The summed E-state index contributed by atoms with van der Waals surface area (Å²) in [7, 11) is 0. The summed E-state index contributed by atoms with van der Waals surface area (Å²) >= 11 is 0. The minimum absolute atomic E-state index is 0.168. The zero-order valence-electron chi connectivity index (χ0n) is 17.9. The van der Waals surface area contributed by atoms with E-state index < -0.39 is 5.56 Å². The normalized spacial score (nSPS) is 13.7. The number of ether oxygens (including phenoxy) is 2. The second-order valence-corrected chi connectivity index (χ2v) is 7.41. The number of pyridine rings is 1. The van der Waals surface area contributed by atoms with Crippen molar-refractivity contribution < 1.29 is 19.1 Å². The van der Waals surface area contributed by atoms with Crippen molar-refractivity contribution in [2.75, 3.05) is 38.2 Å². The molecule has 0 spiro atoms. The minimum atomic E-state index is -0.401. The van der Waals surface area contributed by atoms with Crippen LogP contribution in [0.15, 0.2) is 59.4 Å². The van der Waals surface area contributed by atoms with Gasteiger partial charge in [0.25, 0.3) is 11.5 Å². The summed E-state index contributed by atoms with van der Waals surface area (Å²) in [6.45, 7) is 4.22. The summed E-state index contributed by atoms with van der Waals surface area (Å²) in [6, 6.07) is 15.5. The van der Waals surface area contributed by atoms with Gasteiger partial charge in [-0.1, -0.05) is 18.2 Å². The number of morpholine rings is 1. The van der Waals surface area contributed by atoms with Crippen LogP contribution in [0.4, 0.5) is 5.69 Å². The van der Waals surface area contributed by atoms with Crippen molar-refractivity contribution in [1.82, 2.24) is 9.47 Å². The molecule has 1 fully saturated rings. The SMILES string of the molecule is CCOc1ccc(NC(=O)Cn2c(=O)cc(C(=O)N3CCOCC3)c3ccccc32)cc1. The maximum absolute atomic E-state index is 13.0. The maximum Gasteiger partial charge on any atom is 0.254 e. The molecule has 32 heavy (non-hydrogen) atoms. The molecule has 0 aliphatic carbocycles. The van der Waals surface area contributed by atoms with Gasteiger partial charge < -0.3 is 19.7 Å². The minimum Gasteiger partial charge on any atom is -0.494 e. The third kappa shape index (κ3) is 4.65. The molecule has 1 N–H and O–H groups in total. The number of amides is 2. The van der Waals surface area contributed by atoms with Crippen LogP contribution in [0.25, 0.3) is 10.9 Å². The Morgan fingerprint density at radius 2 is 1.78 bits per heavy atom. The highest BCUT2D eigenvalue weighted by atomic mass is 16.5. The Hall–Kier alpha value is -3.65. The van der Waals surface area contributed by atoms with E-state index in [0.717, 1.165) is 0 Å². The summed E-state index contributed by atoms with van der Waals surface area (Å²) < 4.78 is 12.1. The first-order valence-corrected chi connectivity index (χ1v) is 10.6. The number of hydrogen-bond donors (Lipinski definition) is 1. The molecule has 1 aliphatic rings. The summed E-state index contributed by atoms with van der Waals surface area (Å²) in [5, 5.41) is 3.43. The van der Waals surface area contributed by atoms with E-state index in [0.29, 0.717) is 60.8 Å². The second-order valence-electron chi connectivity index (χ2n) is 7.41. The van der Waals surface area contributed by atoms with Crippen LogP contribution in [0, 0.1) is 0 Å². The second kappa shape index (κ2) is 9.65. The Bertz CT molecular complexity index is 1180. The molecule has 8 heteroatoms. The van der Waals surface area contributed by atoms with Crippen molar-refractivity contribution in [3.05, 3.63) is 70.5 Å². The molecular formula is C24H25N3O5. The molecule has 8 nitrogen and oxygen atoms in total. The van der Waals surface area contributed by atoms with Gasteiger partial charge in [-0.3, -0.25) is 19.0 Å². The van der Waals surface area contributed by atoms with Crippen molar-refractivity contribution in [3.63, 3.8) is 0 Å². The summed E-state index contributed by atoms with van der Waals surface area (Å²) in [5.74, 6) is 0.175. The van der Waals surface area contributed by atoms with Gasteiger partial charge in [-0.05, 0) is 37.3 Å². The van der Waals surface area contributed by atoms with Gasteiger partial charge in [-0.2, -0.15) is 0 Å². The van der Waals surface area contributed by atoms with Crippen molar-refractivity contribution >= 4 is 28.4 Å². The first-order valence-electron chi connectivity index (χ1n) is 10.6. The fourth-order valence-corrected chi connectivity index (χ4v) is 3.76. The van der Waals surface area contributed by atoms with Gasteiger partial charge in [0.1, 0.15) is 12.3 Å². The number of nitrogens with one attached hydrogen (secondary N) is 1. The lowest BCUT2D eigenvalue weighted by molar-refractivity contribution is -0.116. The number of para-hydroxylation sites is 1. The fourth-order valence-electron chi connectivity index (χ4n) is 3.76. The molecule has 2 heterocycles. The molecular weight excluding hydrogens is 410 g/mol. The van der Waals surface area contributed by atoms with E-state index in [1.807, 2.05) is 13.0 Å². The predicted molar refractivity (Wildman–Crippen MR) is 121 cm³/mol. The van der Waals surface area contributed by atoms with Crippen molar-refractivity contribution in [2.24, 2.45) is 0 Å². The highest BCUT2D eigenvalue weighted by molar-refractivity contribution is 6.06. The first-order chi connectivity index (χ1) is 15.6. The largest absolute Gasteiger partial charge is 0.494 e. The van der Waals surface area contributed by atoms with Crippen LogP contribution in [0.2, 0.25) is 0 Å². The molecule has 2 aromatic carbocycles. The van der Waals surface area contributed by atoms with E-state index in [2.05, 4.69) is 5.32 Å². The molecule has 1 saturated heterocycles. The third-order valence-corrected chi connectivity index (χ3v) is 5.30. The molecule has 1 aliphatic heterocycles. The lowest BCUT2D eigenvalue weighted by atomic mass is 10.1. The molecule has 1 aromatic heterocycles. The summed E-state index contributed by atoms with van der Waals surface area (Å²) in [6.07, 6.45) is 0. The average Bonchev–Trinajstić information content (AvgIpc) is 2.82. The Balaban J connectivity index is 1.59. The zero-order valence-corrected chi connectivity index (χ0v) is 17.9. The standard InChI is InChI=1S/C24H25N3O5/c1-2-32-18-9-7-17(8-10-18)25-22(28)16-27-21-6-4-3-5-19(21)20(15-23(27)29)24(30)26-11-13-31-14-12-26/h3-10,15H,2,11-14,16H2,1H3,(H,25,28). The van der Waals surface area contributed by atoms with E-state index in [1.165, 1.54) is 10.6 Å². The highest BCUT2D eigenvalue weighted by Gasteiger charge is 2.22. The number of anilines is 1. The smallest absolute Gasteiger partial charge is 0.254 e. The molecule has 3 aromatic rings. The zero-order chi connectivity index (χ0) is 22.5. The van der Waals surface area contributed by atoms with E-state index in [9.17, 15) is 14.4 Å². The Labute approximate surface area is 185 Å². The molecule has 0 unspecified atom stereocenters. The number of hydrogen-bond acceptors (Lipinski definition) is 5. The summed E-state index contributed by atoms with van der Waals surface area (Å²) in [5.41, 5.74) is 1.09. The van der Waals surface area contributed by atoms with Crippen LogP contribution in [0.3, 0.4) is 0 Å². The number of carbonyl (C=O) groups is 2. The van der Waals surface area contributed by atoms with Gasteiger partial charge in [-0.25, -0.2) is 0 Å². The lowest BCUT2D eigenvalue weighted by Crippen LogP contribution is -2.41. The number of rotatable bonds is 6. The number of carbonyl (C=O) groups excluding carboxylic acids is 2. The maximum atomic E-state index is 13.0. The Morgan fingerprint density at radius 3 is 2.50 bits per heavy atom. The Morgan fingerprint density at radius 1 is 1.06 bits per heavy atom. The van der Waals surface area contributed by atoms with E-state index in [4.69, 9.17) is 9.47 Å². The van der Waals surface area contributed by atoms with Crippen molar-refractivity contribution in [1.29, 1.82) is 0 Å². The van der Waals surface area contributed by atoms with E-state index >= 15 is 0 Å². The molecule has 166 valence electrons. The monoisotopic (exact) mass is 435 g/mol. The lowest BCUT2D eigenvalue weighted by Gasteiger charge is -2.27. The van der Waals surface area contributed by atoms with Crippen LogP contribution in [-0.4, -0.2) is 54.2 Å². The number of nitrogens with zero attached hydrogens (tertiary/aromatic N) is 2. The van der Waals surface area contributed by atoms with Gasteiger partial charge in [0.2, 0.25) is 5.91 Å². The average molecular weight is 435 g/mol. The Kier molecular flexibility index (Phi) is 6.51. The molecule has 0 radical (unpaired) electrons. The number of benzene rings is 2. The van der Waals surface area contributed by atoms with Crippen LogP contribution in [0.1, 0.15) is 17.3 Å². The highest BCUT2D eigenvalue weighted by Crippen LogP contribution is 2.20. The molecule has 2 amide bonds. The quantitative estimate of drug-likeness (QED) is 0.643. The topological polar surface area (TPSA) is 89.9 Å². The van der Waals surface area contributed by atoms with Gasteiger partial charge >= 0.3 is 0 Å². The number of aromatic nitrogens is 1. The van der Waals surface area contributed by atoms with Crippen molar-refractivity contribution in [2.45, 2.75) is 13.5 Å². The van der Waals surface area contributed by atoms with Crippen LogP contribution in [0.5, 0.6) is 5.75 Å². The fraction of sp³-hybridized carbons (Fsp3) is 0.292. The molecule has 0 saturated carbocycles. The van der Waals surface area contributed by atoms with E-state index in [1.54, 1.807) is 47.4 Å². The van der Waals surface area contributed by atoms with E-state index in [-0.39, 0.29) is 18.4 Å². The number of fused-ring (bicyclic) bond motifs is 1. The molecule has 0 bridgehead atoms. The van der Waals surface area contributed by atoms with Gasteiger partial charge in [0, 0.05) is 30.2 Å².